The van der Waals surface area contributed by atoms with E-state index in [-0.39, 0.29) is 10.8 Å². The Balaban J connectivity index is 2.43. The molecule has 2 nitrogen and oxygen atoms in total. The quantitative estimate of drug-likeness (QED) is 0.668. The summed E-state index contributed by atoms with van der Waals surface area (Å²) in [5, 5.41) is 0.0507. The lowest BCUT2D eigenvalue weighted by Gasteiger charge is -2.18. The van der Waals surface area contributed by atoms with Gasteiger partial charge in [0.1, 0.15) is 11.6 Å². The van der Waals surface area contributed by atoms with Crippen molar-refractivity contribution < 1.29 is 8.78 Å². The first-order chi connectivity index (χ1) is 9.02. The minimum absolute atomic E-state index is 0.0507. The molecule has 0 heterocycles. The van der Waals surface area contributed by atoms with Crippen molar-refractivity contribution in [3.8, 4) is 0 Å². The molecule has 0 radical (unpaired) electrons. The van der Waals surface area contributed by atoms with Crippen LogP contribution in [-0.4, -0.2) is 0 Å². The van der Waals surface area contributed by atoms with Gasteiger partial charge >= 0.3 is 0 Å². The minimum Gasteiger partial charge on any atom is -0.271 e. The maximum Gasteiger partial charge on any atom is 0.142 e. The smallest absolute Gasteiger partial charge is 0.142 e. The van der Waals surface area contributed by atoms with Crippen LogP contribution in [0.4, 0.5) is 8.78 Å². The fraction of sp³-hybridized carbons (Fsp3) is 0.143. The molecule has 0 fully saturated rings. The van der Waals surface area contributed by atoms with E-state index in [1.807, 2.05) is 0 Å². The van der Waals surface area contributed by atoms with Crippen LogP contribution in [0.3, 0.4) is 0 Å². The largest absolute Gasteiger partial charge is 0.271 e. The number of rotatable bonds is 3. The molecule has 0 spiro atoms. The molecule has 3 N–H and O–H groups in total. The van der Waals surface area contributed by atoms with Crippen molar-refractivity contribution in [3.63, 3.8) is 0 Å². The van der Waals surface area contributed by atoms with E-state index in [1.165, 1.54) is 18.2 Å². The van der Waals surface area contributed by atoms with Crippen LogP contribution in [-0.2, 0) is 0 Å². The molecule has 0 aliphatic rings. The lowest BCUT2D eigenvalue weighted by atomic mass is 9.97. The van der Waals surface area contributed by atoms with Crippen LogP contribution in [0.2, 0.25) is 5.02 Å². The molecule has 2 rings (SSSR count). The first-order valence-corrected chi connectivity index (χ1v) is 6.08. The van der Waals surface area contributed by atoms with Gasteiger partial charge in [0.25, 0.3) is 0 Å². The highest BCUT2D eigenvalue weighted by Crippen LogP contribution is 2.26. The molecular weight excluding hydrogens is 270 g/mol. The Hall–Kier alpha value is -1.49. The summed E-state index contributed by atoms with van der Waals surface area (Å²) in [6, 6.07) is 8.67. The number of hydrogen-bond donors (Lipinski definition) is 2. The van der Waals surface area contributed by atoms with E-state index in [0.717, 1.165) is 5.56 Å². The molecule has 0 aliphatic carbocycles. The van der Waals surface area contributed by atoms with E-state index >= 15 is 0 Å². The van der Waals surface area contributed by atoms with Crippen molar-refractivity contribution in [2.24, 2.45) is 5.84 Å². The number of nitrogens with two attached hydrogens (primary N) is 1. The van der Waals surface area contributed by atoms with Crippen molar-refractivity contribution in [3.05, 3.63) is 69.7 Å². The number of halogens is 3. The molecule has 0 aliphatic heterocycles. The van der Waals surface area contributed by atoms with Crippen molar-refractivity contribution in [2.45, 2.75) is 13.0 Å². The molecule has 0 aromatic heterocycles. The highest BCUT2D eigenvalue weighted by atomic mass is 35.5. The Morgan fingerprint density at radius 3 is 2.26 bits per heavy atom. The Bertz CT molecular complexity index is 550. The summed E-state index contributed by atoms with van der Waals surface area (Å²) in [4.78, 5) is 0. The second-order valence-corrected chi connectivity index (χ2v) is 4.69. The highest BCUT2D eigenvalue weighted by molar-refractivity contribution is 6.30. The molecule has 2 aromatic carbocycles. The second kappa shape index (κ2) is 5.65. The fourth-order valence-electron chi connectivity index (χ4n) is 1.92. The third-order valence-corrected chi connectivity index (χ3v) is 3.27. The van der Waals surface area contributed by atoms with Gasteiger partial charge in [-0.25, -0.2) is 14.2 Å². The predicted octanol–water partition coefficient (Wildman–Crippen LogP) is 3.48. The summed E-state index contributed by atoms with van der Waals surface area (Å²) in [6.07, 6.45) is 0. The Morgan fingerprint density at radius 1 is 1.05 bits per heavy atom. The maximum absolute atomic E-state index is 13.5. The molecule has 1 atom stereocenters. The normalized spacial score (nSPS) is 12.5. The molecule has 5 heteroatoms. The van der Waals surface area contributed by atoms with E-state index < -0.39 is 11.9 Å². The van der Waals surface area contributed by atoms with Crippen molar-refractivity contribution in [1.82, 2.24) is 5.43 Å². The first-order valence-electron chi connectivity index (χ1n) is 5.70. The minimum atomic E-state index is -0.516. The average Bonchev–Trinajstić information content (AvgIpc) is 2.39. The molecular formula is C14H13ClF2N2. The number of nitrogens with one attached hydrogen (secondary N) is 1. The van der Waals surface area contributed by atoms with Gasteiger partial charge in [-0.3, -0.25) is 5.84 Å². The first kappa shape index (κ1) is 13.9. The topological polar surface area (TPSA) is 38.0 Å². The van der Waals surface area contributed by atoms with E-state index in [0.29, 0.717) is 11.1 Å². The van der Waals surface area contributed by atoms with Crippen LogP contribution < -0.4 is 11.3 Å². The van der Waals surface area contributed by atoms with E-state index in [9.17, 15) is 8.78 Å². The van der Waals surface area contributed by atoms with Crippen molar-refractivity contribution in [2.75, 3.05) is 0 Å². The van der Waals surface area contributed by atoms with Gasteiger partial charge in [0.05, 0.1) is 11.1 Å². The van der Waals surface area contributed by atoms with E-state index in [4.69, 9.17) is 17.4 Å². The molecule has 0 amide bonds. The van der Waals surface area contributed by atoms with Crippen molar-refractivity contribution >= 4 is 11.6 Å². The standard InChI is InChI=1S/C14H13ClF2N2/c1-8-6-9(3-5-12(8)16)14(19-18)10-2-4-11(15)13(17)7-10/h2-7,14,19H,18H2,1H3. The zero-order valence-corrected chi connectivity index (χ0v) is 11.0. The fourth-order valence-corrected chi connectivity index (χ4v) is 2.04. The van der Waals surface area contributed by atoms with Gasteiger partial charge < -0.3 is 0 Å². The van der Waals surface area contributed by atoms with Crippen LogP contribution in [0.1, 0.15) is 22.7 Å². The third-order valence-electron chi connectivity index (χ3n) is 2.96. The molecule has 2 aromatic rings. The zero-order chi connectivity index (χ0) is 14.0. The average molecular weight is 283 g/mol. The van der Waals surface area contributed by atoms with Crippen LogP contribution in [0.25, 0.3) is 0 Å². The number of hydrogen-bond acceptors (Lipinski definition) is 2. The summed E-state index contributed by atoms with van der Waals surface area (Å²) in [5.74, 6) is 4.71. The second-order valence-electron chi connectivity index (χ2n) is 4.28. The lowest BCUT2D eigenvalue weighted by molar-refractivity contribution is 0.598. The maximum atomic E-state index is 13.5. The monoisotopic (exact) mass is 282 g/mol. The van der Waals surface area contributed by atoms with Gasteiger partial charge in [-0.05, 0) is 41.8 Å². The Kier molecular flexibility index (Phi) is 4.14. The third kappa shape index (κ3) is 2.92. The van der Waals surface area contributed by atoms with Crippen LogP contribution in [0, 0.1) is 18.6 Å². The molecule has 0 saturated heterocycles. The van der Waals surface area contributed by atoms with E-state index in [1.54, 1.807) is 25.1 Å². The van der Waals surface area contributed by atoms with Gasteiger partial charge in [-0.2, -0.15) is 0 Å². The zero-order valence-electron chi connectivity index (χ0n) is 10.3. The number of aryl methyl sites for hydroxylation is 1. The van der Waals surface area contributed by atoms with E-state index in [2.05, 4.69) is 5.43 Å². The lowest BCUT2D eigenvalue weighted by Crippen LogP contribution is -2.29. The van der Waals surface area contributed by atoms with Gasteiger partial charge in [-0.15, -0.1) is 0 Å². The number of benzene rings is 2. The SMILES string of the molecule is Cc1cc(C(NN)c2ccc(Cl)c(F)c2)ccc1F. The van der Waals surface area contributed by atoms with Crippen LogP contribution in [0.5, 0.6) is 0 Å². The molecule has 1 unspecified atom stereocenters. The summed E-state index contributed by atoms with van der Waals surface area (Å²) in [6.45, 7) is 1.66. The number of hydrazine groups is 1. The van der Waals surface area contributed by atoms with Gasteiger partial charge in [0.15, 0.2) is 0 Å². The summed E-state index contributed by atoms with van der Waals surface area (Å²) >= 11 is 5.64. The van der Waals surface area contributed by atoms with Gasteiger partial charge in [-0.1, -0.05) is 29.8 Å². The van der Waals surface area contributed by atoms with Crippen LogP contribution >= 0.6 is 11.6 Å². The summed E-state index contributed by atoms with van der Waals surface area (Å²) in [7, 11) is 0. The predicted molar refractivity (Wildman–Crippen MR) is 71.7 cm³/mol. The summed E-state index contributed by atoms with van der Waals surface area (Å²) in [5.41, 5.74) is 4.48. The molecule has 19 heavy (non-hydrogen) atoms. The summed E-state index contributed by atoms with van der Waals surface area (Å²) < 4.78 is 26.7. The Morgan fingerprint density at radius 2 is 1.68 bits per heavy atom. The van der Waals surface area contributed by atoms with Gasteiger partial charge in [0, 0.05) is 0 Å². The van der Waals surface area contributed by atoms with Crippen LogP contribution in [0.15, 0.2) is 36.4 Å². The van der Waals surface area contributed by atoms with Crippen molar-refractivity contribution in [1.29, 1.82) is 0 Å². The molecule has 0 bridgehead atoms. The molecule has 100 valence electrons. The molecule has 0 saturated carbocycles. The van der Waals surface area contributed by atoms with Gasteiger partial charge in [0.2, 0.25) is 0 Å². The Labute approximate surface area is 115 Å². The highest BCUT2D eigenvalue weighted by Gasteiger charge is 2.15.